The van der Waals surface area contributed by atoms with E-state index in [-0.39, 0.29) is 5.82 Å². The average Bonchev–Trinajstić information content (AvgIpc) is 2.79. The van der Waals surface area contributed by atoms with Gasteiger partial charge in [-0.05, 0) is 42.5 Å². The summed E-state index contributed by atoms with van der Waals surface area (Å²) >= 11 is 0. The van der Waals surface area contributed by atoms with Crippen LogP contribution in [0.4, 0.5) is 27.3 Å². The normalized spacial score (nSPS) is 11.7. The Bertz CT molecular complexity index is 1300. The largest absolute Gasteiger partial charge is 0.673 e. The van der Waals surface area contributed by atoms with E-state index in [1.807, 2.05) is 48.5 Å². The Morgan fingerprint density at radius 1 is 0.788 bits per heavy atom. The molecule has 3 aromatic carbocycles. The minimum absolute atomic E-state index is 0.274. The monoisotopic (exact) mass is 463 g/mol. The first-order chi connectivity index (χ1) is 15.7. The topological polar surface area (TPSA) is 45.6 Å². The molecule has 0 aliphatic rings. The van der Waals surface area contributed by atoms with E-state index >= 15 is 0 Å². The Morgan fingerprint density at radius 2 is 1.42 bits per heavy atom. The predicted octanol–water partition coefficient (Wildman–Crippen LogP) is 4.87. The third kappa shape index (κ3) is 6.58. The molecule has 4 aromatic rings. The molecule has 0 unspecified atom stereocenters. The second-order valence-electron chi connectivity index (χ2n) is 6.72. The van der Waals surface area contributed by atoms with Gasteiger partial charge in [-0.2, -0.15) is 0 Å². The zero-order valence-electron chi connectivity index (χ0n) is 17.6. The molecule has 0 atom stereocenters. The fraction of sp³-hybridized carbons (Fsp3) is 0.0870. The van der Waals surface area contributed by atoms with Gasteiger partial charge in [-0.1, -0.05) is 12.1 Å². The molecule has 0 saturated heterocycles. The zero-order chi connectivity index (χ0) is 24.0. The van der Waals surface area contributed by atoms with Crippen molar-refractivity contribution in [1.82, 2.24) is 0 Å². The molecule has 0 fully saturated rings. The summed E-state index contributed by atoms with van der Waals surface area (Å²) in [5.74, 6) is 1.67. The quantitative estimate of drug-likeness (QED) is 0.347. The molecule has 0 saturated carbocycles. The van der Waals surface area contributed by atoms with Crippen molar-refractivity contribution in [3.05, 3.63) is 84.0 Å². The van der Waals surface area contributed by atoms with Gasteiger partial charge in [0.25, 0.3) is 0 Å². The van der Waals surface area contributed by atoms with Crippen LogP contribution in [0.1, 0.15) is 0 Å². The first-order valence-electron chi connectivity index (χ1n) is 9.66. The van der Waals surface area contributed by atoms with E-state index in [1.54, 1.807) is 26.4 Å². The molecule has 1 N–H and O–H groups in total. The van der Waals surface area contributed by atoms with Crippen molar-refractivity contribution < 1.29 is 40.5 Å². The maximum absolute atomic E-state index is 13.2. The van der Waals surface area contributed by atoms with Gasteiger partial charge in [-0.3, -0.25) is 0 Å². The number of hydrogen-bond donors (Lipinski definition) is 1. The molecule has 1 aromatic heterocycles. The van der Waals surface area contributed by atoms with Crippen molar-refractivity contribution >= 4 is 23.9 Å². The van der Waals surface area contributed by atoms with Gasteiger partial charge in [-0.15, -0.1) is 0 Å². The van der Waals surface area contributed by atoms with Gasteiger partial charge in [0.05, 0.1) is 25.7 Å². The van der Waals surface area contributed by atoms with Crippen LogP contribution >= 0.6 is 0 Å². The van der Waals surface area contributed by atoms with Crippen molar-refractivity contribution in [2.45, 2.75) is 0 Å². The number of hydrogen-bond acceptors (Lipinski definition) is 3. The number of para-hydroxylation sites is 1. The zero-order valence-corrected chi connectivity index (χ0v) is 17.6. The summed E-state index contributed by atoms with van der Waals surface area (Å²) in [5, 5.41) is 1.79. The van der Waals surface area contributed by atoms with Crippen LogP contribution in [-0.2, 0) is 0 Å². The molecule has 0 aliphatic heterocycles. The van der Waals surface area contributed by atoms with E-state index in [0.29, 0.717) is 17.3 Å². The van der Waals surface area contributed by atoms with Gasteiger partial charge in [0.15, 0.2) is 11.5 Å². The van der Waals surface area contributed by atoms with E-state index in [0.717, 1.165) is 27.6 Å². The molecule has 0 radical (unpaired) electrons. The molecule has 33 heavy (non-hydrogen) atoms. The smallest absolute Gasteiger partial charge is 0.493 e. The van der Waals surface area contributed by atoms with Gasteiger partial charge >= 0.3 is 7.25 Å². The van der Waals surface area contributed by atoms with Gasteiger partial charge < -0.3 is 31.2 Å². The Labute approximate surface area is 186 Å². The Balaban J connectivity index is 0.000000555. The highest BCUT2D eigenvalue weighted by atomic mass is 19.5. The van der Waals surface area contributed by atoms with E-state index in [2.05, 4.69) is 4.99 Å². The molecule has 1 heterocycles. The number of fused-ring (bicyclic) bond motifs is 1. The number of halogens is 5. The number of rotatable bonds is 4. The number of ether oxygens (including phenoxy) is 2. The van der Waals surface area contributed by atoms with Crippen molar-refractivity contribution in [3.63, 3.8) is 0 Å². The molecule has 0 bridgehead atoms. The van der Waals surface area contributed by atoms with E-state index < -0.39 is 7.25 Å². The summed E-state index contributed by atoms with van der Waals surface area (Å²) in [6.45, 7) is 0. The van der Waals surface area contributed by atoms with Crippen LogP contribution in [0.2, 0.25) is 0 Å². The van der Waals surface area contributed by atoms with Crippen LogP contribution in [0.15, 0.2) is 77.2 Å². The molecular weight excluding hydrogens is 444 g/mol. The fourth-order valence-corrected chi connectivity index (χ4v) is 3.06. The first-order valence-corrected chi connectivity index (χ1v) is 9.66. The number of benzene rings is 3. The Kier molecular flexibility index (Phi) is 7.37. The summed E-state index contributed by atoms with van der Waals surface area (Å²) in [4.78, 5) is 3.35. The molecule has 0 spiro atoms. The summed E-state index contributed by atoms with van der Waals surface area (Å²) in [6.07, 6.45) is 0. The second kappa shape index (κ2) is 10.2. The molecule has 0 amide bonds. The van der Waals surface area contributed by atoms with Crippen molar-refractivity contribution in [1.29, 1.82) is 0 Å². The lowest BCUT2D eigenvalue weighted by atomic mass is 10.1. The maximum Gasteiger partial charge on any atom is 0.673 e. The van der Waals surface area contributed by atoms with E-state index in [1.165, 1.54) is 12.1 Å². The van der Waals surface area contributed by atoms with Gasteiger partial charge in [0, 0.05) is 17.7 Å². The maximum atomic E-state index is 13.2. The Hall–Kier alpha value is -3.82. The molecule has 4 nitrogen and oxygen atoms in total. The molecular formula is C23H19BF5NO3. The second-order valence-corrected chi connectivity index (χ2v) is 6.72. The summed E-state index contributed by atoms with van der Waals surface area (Å²) in [6, 6.07) is 21.5. The van der Waals surface area contributed by atoms with Crippen LogP contribution in [0.3, 0.4) is 0 Å². The lowest BCUT2D eigenvalue weighted by molar-refractivity contribution is -0.400. The van der Waals surface area contributed by atoms with Crippen molar-refractivity contribution in [2.24, 2.45) is 0 Å². The van der Waals surface area contributed by atoms with Crippen LogP contribution in [-0.4, -0.2) is 21.5 Å². The Morgan fingerprint density at radius 3 is 2.06 bits per heavy atom. The van der Waals surface area contributed by atoms with E-state index in [4.69, 9.17) is 13.9 Å². The molecule has 10 heteroatoms. The minimum atomic E-state index is -6.00. The number of nitrogens with one attached hydrogen (secondary N) is 1. The lowest BCUT2D eigenvalue weighted by Crippen LogP contribution is -2.70. The van der Waals surface area contributed by atoms with Crippen LogP contribution in [0, 0.1) is 5.82 Å². The molecule has 172 valence electrons. The van der Waals surface area contributed by atoms with E-state index in [9.17, 15) is 21.7 Å². The van der Waals surface area contributed by atoms with Crippen LogP contribution < -0.4 is 19.8 Å². The van der Waals surface area contributed by atoms with Crippen LogP contribution in [0.25, 0.3) is 22.3 Å². The predicted molar refractivity (Wildman–Crippen MR) is 115 cm³/mol. The van der Waals surface area contributed by atoms with Crippen LogP contribution in [0.5, 0.6) is 11.5 Å². The standard InChI is InChI=1S/C23H18FNO3.BF4/c1-26-21-12-7-15(13-23(21)27-2)22-14-19(18-5-3-4-6-20(18)28-22)25-17-10-8-16(24)9-11-17;2-1(3,4)5/h3-14H,1-2H3;/q;-1/p+1. The van der Waals surface area contributed by atoms with Gasteiger partial charge in [0.1, 0.15) is 17.2 Å². The summed E-state index contributed by atoms with van der Waals surface area (Å²) < 4.78 is 69.1. The third-order valence-electron chi connectivity index (χ3n) is 4.46. The van der Waals surface area contributed by atoms with Gasteiger partial charge in [-0.25, -0.2) is 9.38 Å². The van der Waals surface area contributed by atoms with Crippen molar-refractivity contribution in [2.75, 3.05) is 14.2 Å². The summed E-state index contributed by atoms with van der Waals surface area (Å²) in [5.41, 5.74) is 2.38. The third-order valence-corrected chi connectivity index (χ3v) is 4.46. The highest BCUT2D eigenvalue weighted by Crippen LogP contribution is 2.32. The number of methoxy groups -OCH3 is 2. The molecule has 4 rings (SSSR count). The average molecular weight is 463 g/mol. The summed E-state index contributed by atoms with van der Waals surface area (Å²) in [7, 11) is -2.80. The molecule has 0 aliphatic carbocycles. The van der Waals surface area contributed by atoms with Crippen molar-refractivity contribution in [3.8, 4) is 22.8 Å². The lowest BCUT2D eigenvalue weighted by Gasteiger charge is -2.09. The van der Waals surface area contributed by atoms with Gasteiger partial charge in [0.2, 0.25) is 11.0 Å². The highest BCUT2D eigenvalue weighted by Gasteiger charge is 2.20. The highest BCUT2D eigenvalue weighted by molar-refractivity contribution is 6.50. The fourth-order valence-electron chi connectivity index (χ4n) is 3.06. The SMILES string of the molecule is COc1ccc(-c2cc(=[NH+]c3ccc(F)cc3)c3ccccc3o2)cc1OC.F[B-](F)(F)F. The first kappa shape index (κ1) is 23.8. The minimum Gasteiger partial charge on any atom is -0.493 e.